The molecular formula is C6H7N3O5. The predicted octanol–water partition coefficient (Wildman–Crippen LogP) is -0.749. The molecule has 0 heterocycles. The number of nitrogens with two attached hydrogens (primary N) is 1. The average Bonchev–Trinajstić information content (AvgIpc) is 2.16. The molecule has 0 aliphatic heterocycles. The lowest BCUT2D eigenvalue weighted by Crippen LogP contribution is -2.99. The highest BCUT2D eigenvalue weighted by molar-refractivity contribution is 5.53. The van der Waals surface area contributed by atoms with Crippen molar-refractivity contribution in [1.29, 1.82) is 0 Å². The van der Waals surface area contributed by atoms with E-state index in [0.717, 1.165) is 18.2 Å². The summed E-state index contributed by atoms with van der Waals surface area (Å²) in [5, 5.41) is 28.2. The number of nitrogens with zero attached hydrogens (tertiary/aromatic N) is 1. The summed E-state index contributed by atoms with van der Waals surface area (Å²) in [5.74, 6) is 4.58. The van der Waals surface area contributed by atoms with Gasteiger partial charge in [-0.25, -0.2) is 5.21 Å². The Bertz CT molecular complexity index is 353. The minimum Gasteiger partial charge on any atom is -0.595 e. The van der Waals surface area contributed by atoms with E-state index in [1.807, 2.05) is 0 Å². The van der Waals surface area contributed by atoms with Crippen LogP contribution in [0.4, 0.5) is 11.4 Å². The number of nitrogens with one attached hydrogen (secondary N) is 1. The fraction of sp³-hybridized carbons (Fsp3) is 0. The predicted molar refractivity (Wildman–Crippen MR) is 43.7 cm³/mol. The Kier molecular flexibility index (Phi) is 2.94. The molecule has 0 aliphatic carbocycles. The third-order valence-electron chi connectivity index (χ3n) is 1.53. The lowest BCUT2D eigenvalue weighted by atomic mass is 10.2. The Labute approximate surface area is 77.7 Å². The average molecular weight is 201 g/mol. The molecule has 0 spiro atoms. The Balaban J connectivity index is 3.21. The molecule has 0 amide bonds. The minimum atomic E-state index is -1.25. The van der Waals surface area contributed by atoms with Gasteiger partial charge in [0, 0.05) is 6.07 Å². The van der Waals surface area contributed by atoms with Gasteiger partial charge in [-0.1, -0.05) is 0 Å². The van der Waals surface area contributed by atoms with Crippen molar-refractivity contribution in [2.45, 2.75) is 0 Å². The van der Waals surface area contributed by atoms with Crippen LogP contribution in [0.3, 0.4) is 0 Å². The minimum absolute atomic E-state index is 0.181. The standard InChI is InChI=1S/C6H7N3O5/c7-14-6-2-1-4(8(10)11)3-5(6)9(12)13/h1-3,8,10H,7H2. The highest BCUT2D eigenvalue weighted by Gasteiger charge is 2.18. The van der Waals surface area contributed by atoms with Crippen molar-refractivity contribution in [1.82, 2.24) is 0 Å². The second kappa shape index (κ2) is 3.98. The summed E-state index contributed by atoms with van der Waals surface area (Å²) in [6, 6.07) is 3.17. The smallest absolute Gasteiger partial charge is 0.319 e. The van der Waals surface area contributed by atoms with E-state index >= 15 is 0 Å². The van der Waals surface area contributed by atoms with Crippen molar-refractivity contribution >= 4 is 11.4 Å². The van der Waals surface area contributed by atoms with Crippen LogP contribution < -0.4 is 16.0 Å². The van der Waals surface area contributed by atoms with Crippen molar-refractivity contribution in [3.05, 3.63) is 33.5 Å². The molecule has 4 N–H and O–H groups in total. The van der Waals surface area contributed by atoms with Gasteiger partial charge in [0.15, 0.2) is 5.69 Å². The molecule has 0 bridgehead atoms. The summed E-state index contributed by atoms with van der Waals surface area (Å²) < 4.78 is 0. The number of benzene rings is 1. The van der Waals surface area contributed by atoms with E-state index in [2.05, 4.69) is 4.84 Å². The quantitative estimate of drug-likeness (QED) is 0.436. The van der Waals surface area contributed by atoms with Crippen LogP contribution in [-0.2, 0) is 0 Å². The van der Waals surface area contributed by atoms with E-state index in [1.54, 1.807) is 0 Å². The van der Waals surface area contributed by atoms with E-state index in [0.29, 0.717) is 0 Å². The molecule has 0 fully saturated rings. The van der Waals surface area contributed by atoms with Gasteiger partial charge in [-0.2, -0.15) is 11.1 Å². The summed E-state index contributed by atoms with van der Waals surface area (Å²) >= 11 is 0. The number of nitro benzene ring substituents is 1. The number of rotatable bonds is 3. The van der Waals surface area contributed by atoms with Gasteiger partial charge in [-0.15, -0.1) is 0 Å². The SMILES string of the molecule is NOc1ccc([NH+]([O-])O)cc1[N+](=O)[O-]. The zero-order valence-corrected chi connectivity index (χ0v) is 6.84. The molecule has 8 heteroatoms. The molecule has 76 valence electrons. The van der Waals surface area contributed by atoms with E-state index in [4.69, 9.17) is 11.1 Å². The molecule has 14 heavy (non-hydrogen) atoms. The summed E-state index contributed by atoms with van der Waals surface area (Å²) in [6.45, 7) is 0. The topological polar surface area (TPSA) is 126 Å². The van der Waals surface area contributed by atoms with Crippen LogP contribution in [0.15, 0.2) is 18.2 Å². The van der Waals surface area contributed by atoms with Gasteiger partial charge in [0.05, 0.1) is 11.0 Å². The van der Waals surface area contributed by atoms with Crippen LogP contribution in [0.2, 0.25) is 0 Å². The van der Waals surface area contributed by atoms with Gasteiger partial charge in [-0.05, 0) is 6.07 Å². The fourth-order valence-electron chi connectivity index (χ4n) is 0.893. The molecular weight excluding hydrogens is 194 g/mol. The van der Waals surface area contributed by atoms with Crippen LogP contribution in [0.1, 0.15) is 0 Å². The zero-order valence-electron chi connectivity index (χ0n) is 6.84. The first-order valence-corrected chi connectivity index (χ1v) is 3.44. The van der Waals surface area contributed by atoms with E-state index in [9.17, 15) is 15.3 Å². The molecule has 0 aliphatic rings. The number of nitro groups is 1. The van der Waals surface area contributed by atoms with Crippen molar-refractivity contribution in [3.63, 3.8) is 0 Å². The van der Waals surface area contributed by atoms with Crippen LogP contribution in [0.25, 0.3) is 0 Å². The molecule has 1 unspecified atom stereocenters. The lowest BCUT2D eigenvalue weighted by molar-refractivity contribution is -0.991. The molecule has 0 saturated carbocycles. The maximum atomic E-state index is 10.5. The number of hydrogen-bond acceptors (Lipinski definition) is 6. The van der Waals surface area contributed by atoms with Crippen molar-refractivity contribution in [2.24, 2.45) is 5.90 Å². The first-order chi connectivity index (χ1) is 6.56. The highest BCUT2D eigenvalue weighted by atomic mass is 16.8. The van der Waals surface area contributed by atoms with E-state index in [1.165, 1.54) is 0 Å². The Morgan fingerprint density at radius 2 is 2.21 bits per heavy atom. The molecule has 1 rings (SSSR count). The van der Waals surface area contributed by atoms with Crippen LogP contribution in [0, 0.1) is 15.3 Å². The van der Waals surface area contributed by atoms with Crippen molar-refractivity contribution in [3.8, 4) is 5.75 Å². The molecule has 1 aromatic carbocycles. The first-order valence-electron chi connectivity index (χ1n) is 3.44. The fourth-order valence-corrected chi connectivity index (χ4v) is 0.893. The maximum Gasteiger partial charge on any atom is 0.319 e. The highest BCUT2D eigenvalue weighted by Crippen LogP contribution is 2.27. The molecule has 1 atom stereocenters. The third-order valence-corrected chi connectivity index (χ3v) is 1.53. The van der Waals surface area contributed by atoms with Crippen molar-refractivity contribution in [2.75, 3.05) is 0 Å². The van der Waals surface area contributed by atoms with Gasteiger partial charge in [0.2, 0.25) is 5.75 Å². The van der Waals surface area contributed by atoms with Crippen molar-refractivity contribution < 1.29 is 20.2 Å². The van der Waals surface area contributed by atoms with Gasteiger partial charge in [0.1, 0.15) is 0 Å². The molecule has 1 aromatic rings. The van der Waals surface area contributed by atoms with Gasteiger partial charge in [0.25, 0.3) is 0 Å². The van der Waals surface area contributed by atoms with Gasteiger partial charge in [-0.3, -0.25) is 10.1 Å². The van der Waals surface area contributed by atoms with Crippen LogP contribution >= 0.6 is 0 Å². The lowest BCUT2D eigenvalue weighted by Gasteiger charge is -2.11. The largest absolute Gasteiger partial charge is 0.595 e. The third kappa shape index (κ3) is 1.95. The first kappa shape index (κ1) is 10.3. The van der Waals surface area contributed by atoms with E-state index in [-0.39, 0.29) is 11.4 Å². The summed E-state index contributed by atoms with van der Waals surface area (Å²) in [7, 11) is 0. The summed E-state index contributed by atoms with van der Waals surface area (Å²) in [5.41, 5.74) is -0.676. The number of quaternary nitrogens is 1. The molecule has 8 nitrogen and oxygen atoms in total. The Morgan fingerprint density at radius 1 is 1.57 bits per heavy atom. The zero-order chi connectivity index (χ0) is 10.7. The molecule has 0 radical (unpaired) electrons. The second-order valence-corrected chi connectivity index (χ2v) is 2.36. The normalized spacial score (nSPS) is 12.2. The van der Waals surface area contributed by atoms with Gasteiger partial charge < -0.3 is 10.0 Å². The summed E-state index contributed by atoms with van der Waals surface area (Å²) in [4.78, 5) is 13.9. The maximum absolute atomic E-state index is 10.5. The second-order valence-electron chi connectivity index (χ2n) is 2.36. The van der Waals surface area contributed by atoms with Gasteiger partial charge >= 0.3 is 5.69 Å². The molecule has 0 aromatic heterocycles. The van der Waals surface area contributed by atoms with Crippen LogP contribution in [-0.4, -0.2) is 10.1 Å². The molecule has 0 saturated heterocycles. The van der Waals surface area contributed by atoms with E-state index < -0.39 is 15.8 Å². The Morgan fingerprint density at radius 3 is 2.64 bits per heavy atom. The summed E-state index contributed by atoms with van der Waals surface area (Å²) in [6.07, 6.45) is 0. The monoisotopic (exact) mass is 201 g/mol. The van der Waals surface area contributed by atoms with Crippen LogP contribution in [0.5, 0.6) is 5.75 Å². The Hall–Kier alpha value is -1.74. The number of hydrogen-bond donors (Lipinski definition) is 3.